The molecule has 1 aromatic carbocycles. The van der Waals surface area contributed by atoms with Crippen LogP contribution in [0.5, 0.6) is 0 Å². The maximum Gasteiger partial charge on any atom is 0.328 e. The van der Waals surface area contributed by atoms with Crippen LogP contribution in [0.25, 0.3) is 6.08 Å². The van der Waals surface area contributed by atoms with Crippen molar-refractivity contribution in [2.24, 2.45) is 0 Å². The van der Waals surface area contributed by atoms with E-state index in [2.05, 4.69) is 0 Å². The molecule has 0 saturated heterocycles. The summed E-state index contributed by atoms with van der Waals surface area (Å²) in [6.45, 7) is 0. The second kappa shape index (κ2) is 4.44. The van der Waals surface area contributed by atoms with Gasteiger partial charge in [-0.2, -0.15) is 0 Å². The summed E-state index contributed by atoms with van der Waals surface area (Å²) >= 11 is 11.3. The van der Waals surface area contributed by atoms with Crippen LogP contribution in [0, 0.1) is 5.82 Å². The van der Waals surface area contributed by atoms with E-state index < -0.39 is 11.8 Å². The van der Waals surface area contributed by atoms with E-state index in [0.717, 1.165) is 18.2 Å². The van der Waals surface area contributed by atoms with Gasteiger partial charge in [0.15, 0.2) is 0 Å². The SMILES string of the molecule is O=C(O)/C=C/c1c(Cl)ccc(F)c1Cl. The Kier molecular flexibility index (Phi) is 3.49. The van der Waals surface area contributed by atoms with Crippen LogP contribution in [-0.4, -0.2) is 11.1 Å². The van der Waals surface area contributed by atoms with Crippen LogP contribution in [0.2, 0.25) is 10.0 Å². The monoisotopic (exact) mass is 234 g/mol. The maximum absolute atomic E-state index is 12.9. The fourth-order valence-corrected chi connectivity index (χ4v) is 1.35. The highest BCUT2D eigenvalue weighted by atomic mass is 35.5. The molecule has 0 saturated carbocycles. The van der Waals surface area contributed by atoms with E-state index in [4.69, 9.17) is 28.3 Å². The Hall–Kier alpha value is -1.06. The van der Waals surface area contributed by atoms with Crippen LogP contribution in [0.4, 0.5) is 4.39 Å². The molecule has 5 heteroatoms. The predicted octanol–water partition coefficient (Wildman–Crippen LogP) is 3.23. The van der Waals surface area contributed by atoms with E-state index >= 15 is 0 Å². The van der Waals surface area contributed by atoms with Crippen LogP contribution in [-0.2, 0) is 4.79 Å². The fourth-order valence-electron chi connectivity index (χ4n) is 0.850. The summed E-state index contributed by atoms with van der Waals surface area (Å²) < 4.78 is 12.9. The third-order valence-corrected chi connectivity index (χ3v) is 2.19. The van der Waals surface area contributed by atoms with Gasteiger partial charge < -0.3 is 5.11 Å². The minimum atomic E-state index is -1.15. The third-order valence-electron chi connectivity index (χ3n) is 1.47. The maximum atomic E-state index is 12.9. The molecule has 0 spiro atoms. The number of carbonyl (C=O) groups is 1. The van der Waals surface area contributed by atoms with E-state index in [1.807, 2.05) is 0 Å². The number of hydrogen-bond acceptors (Lipinski definition) is 1. The zero-order valence-electron chi connectivity index (χ0n) is 6.80. The summed E-state index contributed by atoms with van der Waals surface area (Å²) in [7, 11) is 0. The van der Waals surface area contributed by atoms with E-state index in [1.165, 1.54) is 6.07 Å². The molecule has 0 unspecified atom stereocenters. The molecule has 0 bridgehead atoms. The molecule has 0 aliphatic heterocycles. The molecule has 0 radical (unpaired) electrons. The van der Waals surface area contributed by atoms with Gasteiger partial charge in [0.25, 0.3) is 0 Å². The second-order valence-electron chi connectivity index (χ2n) is 2.43. The first-order valence-electron chi connectivity index (χ1n) is 3.57. The molecule has 0 aliphatic carbocycles. The molecule has 14 heavy (non-hydrogen) atoms. The van der Waals surface area contributed by atoms with Gasteiger partial charge >= 0.3 is 5.97 Å². The van der Waals surface area contributed by atoms with Gasteiger partial charge in [-0.1, -0.05) is 23.2 Å². The molecule has 0 fully saturated rings. The topological polar surface area (TPSA) is 37.3 Å². The number of rotatable bonds is 2. The van der Waals surface area contributed by atoms with Crippen LogP contribution in [0.3, 0.4) is 0 Å². The highest BCUT2D eigenvalue weighted by molar-refractivity contribution is 6.37. The molecular formula is C9H5Cl2FO2. The van der Waals surface area contributed by atoms with Crippen molar-refractivity contribution in [2.45, 2.75) is 0 Å². The Balaban J connectivity index is 3.19. The third kappa shape index (κ3) is 2.47. The average molecular weight is 235 g/mol. The summed E-state index contributed by atoms with van der Waals surface area (Å²) in [5.41, 5.74) is 0.163. The van der Waals surface area contributed by atoms with Crippen molar-refractivity contribution in [1.29, 1.82) is 0 Å². The zero-order valence-corrected chi connectivity index (χ0v) is 8.31. The van der Waals surface area contributed by atoms with Crippen LogP contribution in [0.15, 0.2) is 18.2 Å². The van der Waals surface area contributed by atoms with Gasteiger partial charge in [0.1, 0.15) is 5.82 Å². The van der Waals surface area contributed by atoms with Crippen molar-refractivity contribution < 1.29 is 14.3 Å². The Morgan fingerprint density at radius 2 is 2.07 bits per heavy atom. The Morgan fingerprint density at radius 3 is 2.64 bits per heavy atom. The van der Waals surface area contributed by atoms with E-state index in [-0.39, 0.29) is 15.6 Å². The molecular weight excluding hydrogens is 230 g/mol. The average Bonchev–Trinajstić information content (AvgIpc) is 2.11. The molecule has 0 aromatic heterocycles. The summed E-state index contributed by atoms with van der Waals surface area (Å²) in [5.74, 6) is -1.79. The van der Waals surface area contributed by atoms with Gasteiger partial charge in [-0.05, 0) is 18.2 Å². The van der Waals surface area contributed by atoms with Crippen molar-refractivity contribution in [2.75, 3.05) is 0 Å². The largest absolute Gasteiger partial charge is 0.478 e. The van der Waals surface area contributed by atoms with Crippen molar-refractivity contribution in [3.8, 4) is 0 Å². The Bertz CT molecular complexity index is 402. The first-order valence-corrected chi connectivity index (χ1v) is 4.32. The lowest BCUT2D eigenvalue weighted by molar-refractivity contribution is -0.131. The predicted molar refractivity (Wildman–Crippen MR) is 53.1 cm³/mol. The van der Waals surface area contributed by atoms with Gasteiger partial charge in [0.05, 0.1) is 5.02 Å². The number of benzene rings is 1. The van der Waals surface area contributed by atoms with E-state index in [9.17, 15) is 9.18 Å². The summed E-state index contributed by atoms with van der Waals surface area (Å²) in [4.78, 5) is 10.2. The normalized spacial score (nSPS) is 10.8. The molecule has 2 nitrogen and oxygen atoms in total. The minimum Gasteiger partial charge on any atom is -0.478 e. The molecule has 0 aliphatic rings. The number of halogens is 3. The van der Waals surface area contributed by atoms with E-state index in [0.29, 0.717) is 0 Å². The summed E-state index contributed by atoms with van der Waals surface area (Å²) in [6.07, 6.45) is 1.99. The number of hydrogen-bond donors (Lipinski definition) is 1. The first kappa shape index (κ1) is 11.0. The van der Waals surface area contributed by atoms with Crippen LogP contribution >= 0.6 is 23.2 Å². The molecule has 0 atom stereocenters. The van der Waals surface area contributed by atoms with Gasteiger partial charge in [0, 0.05) is 16.7 Å². The second-order valence-corrected chi connectivity index (χ2v) is 3.21. The van der Waals surface area contributed by atoms with Crippen molar-refractivity contribution >= 4 is 35.2 Å². The van der Waals surface area contributed by atoms with Gasteiger partial charge in [0.2, 0.25) is 0 Å². The van der Waals surface area contributed by atoms with Gasteiger partial charge in [-0.3, -0.25) is 0 Å². The standard InChI is InChI=1S/C9H5Cl2FO2/c10-6-2-3-7(12)9(11)5(6)1-4-8(13)14/h1-4H,(H,13,14)/b4-1+. The smallest absolute Gasteiger partial charge is 0.328 e. The highest BCUT2D eigenvalue weighted by Gasteiger charge is 2.07. The summed E-state index contributed by atoms with van der Waals surface area (Å²) in [5, 5.41) is 8.38. The lowest BCUT2D eigenvalue weighted by Crippen LogP contribution is -1.88. The molecule has 0 amide bonds. The lowest BCUT2D eigenvalue weighted by Gasteiger charge is -2.01. The number of carboxylic acids is 1. The van der Waals surface area contributed by atoms with Gasteiger partial charge in [-0.25, -0.2) is 9.18 Å². The minimum absolute atomic E-state index is 0.163. The van der Waals surface area contributed by atoms with Crippen molar-refractivity contribution in [1.82, 2.24) is 0 Å². The number of carboxylic acid groups (broad SMARTS) is 1. The molecule has 1 rings (SSSR count). The zero-order chi connectivity index (χ0) is 10.7. The van der Waals surface area contributed by atoms with Crippen LogP contribution in [0.1, 0.15) is 5.56 Å². The lowest BCUT2D eigenvalue weighted by atomic mass is 10.2. The van der Waals surface area contributed by atoms with Crippen LogP contribution < -0.4 is 0 Å². The van der Waals surface area contributed by atoms with Gasteiger partial charge in [-0.15, -0.1) is 0 Å². The van der Waals surface area contributed by atoms with E-state index in [1.54, 1.807) is 0 Å². The fraction of sp³-hybridized carbons (Fsp3) is 0. The number of aliphatic carboxylic acids is 1. The molecule has 74 valence electrons. The Labute approximate surface area is 89.6 Å². The highest BCUT2D eigenvalue weighted by Crippen LogP contribution is 2.28. The quantitative estimate of drug-likeness (QED) is 0.631. The molecule has 1 N–H and O–H groups in total. The molecule has 1 aromatic rings. The van der Waals surface area contributed by atoms with Crippen molar-refractivity contribution in [3.63, 3.8) is 0 Å². The molecule has 0 heterocycles. The summed E-state index contributed by atoms with van der Waals surface area (Å²) in [6, 6.07) is 2.42. The first-order chi connectivity index (χ1) is 6.52. The Morgan fingerprint density at radius 1 is 1.43 bits per heavy atom. The van der Waals surface area contributed by atoms with Crippen molar-refractivity contribution in [3.05, 3.63) is 39.6 Å².